The monoisotopic (exact) mass is 722 g/mol. The topological polar surface area (TPSA) is 73.8 Å². The number of halogens is 3. The highest BCUT2D eigenvalue weighted by Crippen LogP contribution is 2.36. The number of esters is 1. The van der Waals surface area contributed by atoms with Crippen molar-refractivity contribution in [1.29, 1.82) is 0 Å². The zero-order chi connectivity index (χ0) is 29.4. The Balaban J connectivity index is 1.56. The van der Waals surface area contributed by atoms with E-state index < -0.39 is 12.0 Å². The second-order valence-corrected chi connectivity index (χ2v) is 12.5. The van der Waals surface area contributed by atoms with Gasteiger partial charge in [0.15, 0.2) is 4.80 Å². The first-order valence-electron chi connectivity index (χ1n) is 12.9. The van der Waals surface area contributed by atoms with Crippen molar-refractivity contribution in [1.82, 2.24) is 4.57 Å². The van der Waals surface area contributed by atoms with E-state index in [0.29, 0.717) is 37.1 Å². The van der Waals surface area contributed by atoms with Gasteiger partial charge in [0.25, 0.3) is 5.56 Å². The number of fused-ring (bicyclic) bond motifs is 1. The van der Waals surface area contributed by atoms with Crippen LogP contribution in [0.3, 0.4) is 0 Å². The van der Waals surface area contributed by atoms with Crippen LogP contribution in [-0.4, -0.2) is 17.1 Å². The van der Waals surface area contributed by atoms with Crippen molar-refractivity contribution < 1.29 is 13.9 Å². The maximum Gasteiger partial charge on any atom is 0.338 e. The summed E-state index contributed by atoms with van der Waals surface area (Å²) in [5.41, 5.74) is 2.77. The molecule has 0 saturated carbocycles. The highest BCUT2D eigenvalue weighted by Gasteiger charge is 2.35. The third kappa shape index (κ3) is 5.49. The Bertz CT molecular complexity index is 2030. The van der Waals surface area contributed by atoms with Gasteiger partial charge in [0.2, 0.25) is 0 Å². The van der Waals surface area contributed by atoms with E-state index in [1.807, 2.05) is 72.8 Å². The molecule has 6 nitrogen and oxygen atoms in total. The van der Waals surface area contributed by atoms with Crippen molar-refractivity contribution in [2.45, 2.75) is 13.0 Å². The normalized spacial score (nSPS) is 15.0. The summed E-state index contributed by atoms with van der Waals surface area (Å²) in [5.74, 6) is 0.625. The van der Waals surface area contributed by atoms with Crippen molar-refractivity contribution in [3.8, 4) is 11.3 Å². The molecule has 1 aliphatic heterocycles. The molecule has 1 atom stereocenters. The average Bonchev–Trinajstić information content (AvgIpc) is 3.58. The number of hydrogen-bond acceptors (Lipinski definition) is 6. The van der Waals surface area contributed by atoms with Gasteiger partial charge in [-0.05, 0) is 55.0 Å². The summed E-state index contributed by atoms with van der Waals surface area (Å²) < 4.78 is 15.4. The fourth-order valence-electron chi connectivity index (χ4n) is 4.79. The average molecular weight is 725 g/mol. The summed E-state index contributed by atoms with van der Waals surface area (Å²) in [6, 6.07) is 25.2. The van der Waals surface area contributed by atoms with Gasteiger partial charge < -0.3 is 9.15 Å². The fraction of sp³-hybridized carbons (Fsp3) is 0.0938. The summed E-state index contributed by atoms with van der Waals surface area (Å²) in [6.45, 7) is 1.93. The number of benzene rings is 3. The number of nitrogens with zero attached hydrogens (tertiary/aromatic N) is 2. The second-order valence-electron chi connectivity index (χ2n) is 9.31. The molecule has 3 heterocycles. The highest BCUT2D eigenvalue weighted by atomic mass is 79.9. The van der Waals surface area contributed by atoms with E-state index >= 15 is 0 Å². The number of thiazole rings is 1. The minimum Gasteiger partial charge on any atom is -0.463 e. The Morgan fingerprint density at radius 2 is 1.83 bits per heavy atom. The Hall–Kier alpha value is -3.50. The molecule has 0 unspecified atom stereocenters. The van der Waals surface area contributed by atoms with Crippen LogP contribution in [0.4, 0.5) is 0 Å². The molecule has 0 aliphatic carbocycles. The number of carbonyl (C=O) groups is 1. The standard InChI is InChI=1S/C32H21Br2ClN2O4S/c1-2-40-31(39)27-28(18-6-4-3-5-7-18)36-32-37(29(27)19-8-11-21(35)12-9-19)30(38)26(42-32)17-22-13-15-25(41-22)23-16-20(33)10-14-24(23)34/h3-17,29H,2H2,1H3/b26-17+/t29-/m0/s1. The van der Waals surface area contributed by atoms with Crippen molar-refractivity contribution in [2.75, 3.05) is 6.61 Å². The van der Waals surface area contributed by atoms with Crippen molar-refractivity contribution in [3.63, 3.8) is 0 Å². The first-order valence-corrected chi connectivity index (χ1v) is 15.7. The van der Waals surface area contributed by atoms with Crippen LogP contribution in [0.2, 0.25) is 5.02 Å². The molecule has 5 aromatic rings. The third-order valence-electron chi connectivity index (χ3n) is 6.65. The molecule has 0 saturated heterocycles. The van der Waals surface area contributed by atoms with Crippen LogP contribution >= 0.6 is 54.8 Å². The molecule has 42 heavy (non-hydrogen) atoms. The van der Waals surface area contributed by atoms with Gasteiger partial charge in [0, 0.05) is 31.2 Å². The van der Waals surface area contributed by atoms with E-state index in [9.17, 15) is 9.59 Å². The van der Waals surface area contributed by atoms with Gasteiger partial charge in [-0.1, -0.05) is 97.3 Å². The fourth-order valence-corrected chi connectivity index (χ4v) is 6.70. The van der Waals surface area contributed by atoms with Crippen LogP contribution in [0.25, 0.3) is 23.1 Å². The Morgan fingerprint density at radius 1 is 1.07 bits per heavy atom. The van der Waals surface area contributed by atoms with Crippen molar-refractivity contribution in [3.05, 3.63) is 141 Å². The smallest absolute Gasteiger partial charge is 0.338 e. The molecule has 2 aromatic heterocycles. The number of carbonyl (C=O) groups excluding carboxylic acids is 1. The summed E-state index contributed by atoms with van der Waals surface area (Å²) in [7, 11) is 0. The molecular formula is C32H21Br2ClN2O4S. The maximum atomic E-state index is 14.0. The molecule has 0 N–H and O–H groups in total. The van der Waals surface area contributed by atoms with Crippen molar-refractivity contribution in [2.24, 2.45) is 4.99 Å². The number of aromatic nitrogens is 1. The SMILES string of the molecule is CCOC(=O)C1=C(c2ccccc2)N=c2s/c(=C/c3ccc(-c4cc(Br)ccc4Br)o3)c(=O)n2[C@H]1c1ccc(Cl)cc1. The van der Waals surface area contributed by atoms with Gasteiger partial charge in [-0.3, -0.25) is 9.36 Å². The Labute approximate surface area is 266 Å². The predicted molar refractivity (Wildman–Crippen MR) is 172 cm³/mol. The Morgan fingerprint density at radius 3 is 2.57 bits per heavy atom. The lowest BCUT2D eigenvalue weighted by molar-refractivity contribution is -0.138. The summed E-state index contributed by atoms with van der Waals surface area (Å²) >= 11 is 14.5. The minimum absolute atomic E-state index is 0.178. The lowest BCUT2D eigenvalue weighted by atomic mass is 9.93. The quantitative estimate of drug-likeness (QED) is 0.172. The second kappa shape index (κ2) is 12.0. The number of ether oxygens (including phenoxy) is 1. The van der Waals surface area contributed by atoms with Crippen LogP contribution in [0.1, 0.15) is 29.9 Å². The van der Waals surface area contributed by atoms with Gasteiger partial charge in [-0.2, -0.15) is 0 Å². The first-order chi connectivity index (χ1) is 20.3. The van der Waals surface area contributed by atoms with E-state index in [1.165, 1.54) is 11.3 Å². The summed E-state index contributed by atoms with van der Waals surface area (Å²) in [4.78, 5) is 32.9. The van der Waals surface area contributed by atoms with Gasteiger partial charge >= 0.3 is 5.97 Å². The maximum absolute atomic E-state index is 14.0. The molecular weight excluding hydrogens is 704 g/mol. The molecule has 6 rings (SSSR count). The molecule has 0 spiro atoms. The van der Waals surface area contributed by atoms with E-state index in [0.717, 1.165) is 20.1 Å². The van der Waals surface area contributed by atoms with Crippen molar-refractivity contribution >= 4 is 72.5 Å². The third-order valence-corrected chi connectivity index (χ3v) is 9.07. The number of furan rings is 1. The molecule has 0 radical (unpaired) electrons. The molecule has 210 valence electrons. The largest absolute Gasteiger partial charge is 0.463 e. The van der Waals surface area contributed by atoms with E-state index in [-0.39, 0.29) is 17.7 Å². The van der Waals surface area contributed by atoms with Crippen LogP contribution in [0, 0.1) is 0 Å². The predicted octanol–water partition coefficient (Wildman–Crippen LogP) is 7.37. The van der Waals surface area contributed by atoms with Crippen LogP contribution in [0.15, 0.2) is 114 Å². The van der Waals surface area contributed by atoms with Gasteiger partial charge in [-0.25, -0.2) is 9.79 Å². The van der Waals surface area contributed by atoms with E-state index in [1.54, 1.807) is 29.7 Å². The molecule has 0 amide bonds. The molecule has 10 heteroatoms. The molecule has 3 aromatic carbocycles. The lowest BCUT2D eigenvalue weighted by Crippen LogP contribution is -2.39. The minimum atomic E-state index is -0.778. The lowest BCUT2D eigenvalue weighted by Gasteiger charge is -2.25. The zero-order valence-corrected chi connectivity index (χ0v) is 26.8. The zero-order valence-electron chi connectivity index (χ0n) is 22.0. The summed E-state index contributed by atoms with van der Waals surface area (Å²) in [5, 5.41) is 0.543. The van der Waals surface area contributed by atoms with Crippen LogP contribution in [-0.2, 0) is 9.53 Å². The highest BCUT2D eigenvalue weighted by molar-refractivity contribution is 9.11. The molecule has 0 fully saturated rings. The molecule has 1 aliphatic rings. The van der Waals surface area contributed by atoms with Gasteiger partial charge in [-0.15, -0.1) is 0 Å². The Kier molecular flexibility index (Phi) is 8.18. The van der Waals surface area contributed by atoms with E-state index in [4.69, 9.17) is 25.7 Å². The summed E-state index contributed by atoms with van der Waals surface area (Å²) in [6.07, 6.45) is 1.70. The number of hydrogen-bond donors (Lipinski definition) is 0. The van der Waals surface area contributed by atoms with Gasteiger partial charge in [0.05, 0.1) is 28.5 Å². The first kappa shape index (κ1) is 28.6. The van der Waals surface area contributed by atoms with Crippen LogP contribution < -0.4 is 14.9 Å². The van der Waals surface area contributed by atoms with E-state index in [2.05, 4.69) is 31.9 Å². The molecule has 0 bridgehead atoms. The van der Waals surface area contributed by atoms with Crippen LogP contribution in [0.5, 0.6) is 0 Å². The number of rotatable bonds is 6. The van der Waals surface area contributed by atoms with Gasteiger partial charge in [0.1, 0.15) is 11.5 Å².